The molecular weight excluding hydrogens is 404 g/mol. The molecule has 134 valence electrons. The van der Waals surface area contributed by atoms with Crippen molar-refractivity contribution in [1.29, 1.82) is 0 Å². The number of benzene rings is 1. The summed E-state index contributed by atoms with van der Waals surface area (Å²) in [5, 5.41) is 14.7. The van der Waals surface area contributed by atoms with Crippen LogP contribution in [0.3, 0.4) is 0 Å². The summed E-state index contributed by atoms with van der Waals surface area (Å²) in [5.41, 5.74) is 1.62. The highest BCUT2D eigenvalue weighted by molar-refractivity contribution is 9.10. The molecule has 0 saturated heterocycles. The number of carboxylic acids is 1. The number of rotatable bonds is 8. The molecule has 0 aliphatic carbocycles. The van der Waals surface area contributed by atoms with E-state index in [2.05, 4.69) is 26.2 Å². The van der Waals surface area contributed by atoms with Crippen molar-refractivity contribution in [3.63, 3.8) is 0 Å². The van der Waals surface area contributed by atoms with Gasteiger partial charge in [0.25, 0.3) is 0 Å². The zero-order chi connectivity index (χ0) is 18.4. The van der Waals surface area contributed by atoms with E-state index in [4.69, 9.17) is 0 Å². The van der Waals surface area contributed by atoms with Crippen LogP contribution in [0.1, 0.15) is 32.4 Å². The van der Waals surface area contributed by atoms with Crippen LogP contribution in [0.4, 0.5) is 0 Å². The average molecular weight is 425 g/mol. The van der Waals surface area contributed by atoms with Crippen molar-refractivity contribution in [1.82, 2.24) is 10.3 Å². The van der Waals surface area contributed by atoms with Crippen LogP contribution < -0.4 is 5.32 Å². The molecule has 0 saturated carbocycles. The van der Waals surface area contributed by atoms with Crippen LogP contribution in [0, 0.1) is 5.92 Å². The lowest BCUT2D eigenvalue weighted by atomic mass is 9.94. The molecule has 2 aromatic rings. The Labute approximate surface area is 159 Å². The lowest BCUT2D eigenvalue weighted by molar-refractivity contribution is -0.143. The van der Waals surface area contributed by atoms with Gasteiger partial charge in [0.1, 0.15) is 11.0 Å². The molecule has 1 aromatic carbocycles. The van der Waals surface area contributed by atoms with Crippen molar-refractivity contribution in [2.24, 2.45) is 5.92 Å². The molecular formula is C18H21BrN2O3S. The van der Waals surface area contributed by atoms with Gasteiger partial charge in [0.2, 0.25) is 5.91 Å². The minimum Gasteiger partial charge on any atom is -0.480 e. The SMILES string of the molecule is CCC(CC)C(NC(=O)Cc1csc(-c2cccc(Br)c2)n1)C(=O)O. The van der Waals surface area contributed by atoms with Crippen molar-refractivity contribution in [3.8, 4) is 10.6 Å². The molecule has 1 atom stereocenters. The van der Waals surface area contributed by atoms with E-state index in [9.17, 15) is 14.7 Å². The van der Waals surface area contributed by atoms with Crippen LogP contribution in [0.15, 0.2) is 34.1 Å². The zero-order valence-corrected chi connectivity index (χ0v) is 16.6. The second-order valence-corrected chi connectivity index (χ2v) is 7.56. The Morgan fingerprint density at radius 1 is 1.32 bits per heavy atom. The summed E-state index contributed by atoms with van der Waals surface area (Å²) in [6.07, 6.45) is 1.49. The Morgan fingerprint density at radius 3 is 2.64 bits per heavy atom. The quantitative estimate of drug-likeness (QED) is 0.667. The number of carbonyl (C=O) groups excluding carboxylic acids is 1. The molecule has 0 bridgehead atoms. The van der Waals surface area contributed by atoms with Gasteiger partial charge in [-0.2, -0.15) is 0 Å². The first kappa shape index (κ1) is 19.6. The second kappa shape index (κ2) is 9.10. The van der Waals surface area contributed by atoms with Gasteiger partial charge in [0, 0.05) is 15.4 Å². The van der Waals surface area contributed by atoms with Gasteiger partial charge in [-0.05, 0) is 18.1 Å². The molecule has 7 heteroatoms. The number of aromatic nitrogens is 1. The van der Waals surface area contributed by atoms with E-state index in [0.717, 1.165) is 15.0 Å². The Kier molecular flexibility index (Phi) is 7.13. The monoisotopic (exact) mass is 424 g/mol. The largest absolute Gasteiger partial charge is 0.480 e. The molecule has 1 amide bonds. The van der Waals surface area contributed by atoms with Crippen molar-refractivity contribution in [2.75, 3.05) is 0 Å². The van der Waals surface area contributed by atoms with E-state index in [1.165, 1.54) is 11.3 Å². The molecule has 5 nitrogen and oxygen atoms in total. The molecule has 0 fully saturated rings. The van der Waals surface area contributed by atoms with E-state index in [-0.39, 0.29) is 18.2 Å². The highest BCUT2D eigenvalue weighted by Gasteiger charge is 2.27. The van der Waals surface area contributed by atoms with Gasteiger partial charge < -0.3 is 10.4 Å². The highest BCUT2D eigenvalue weighted by atomic mass is 79.9. The van der Waals surface area contributed by atoms with Crippen molar-refractivity contribution in [3.05, 3.63) is 39.8 Å². The standard InChI is InChI=1S/C18H21BrN2O3S/c1-3-11(4-2)16(18(23)24)21-15(22)9-14-10-25-17(20-14)12-6-5-7-13(19)8-12/h5-8,10-11,16H,3-4,9H2,1-2H3,(H,21,22)(H,23,24). The van der Waals surface area contributed by atoms with Crippen molar-refractivity contribution < 1.29 is 14.7 Å². The predicted octanol–water partition coefficient (Wildman–Crippen LogP) is 4.12. The summed E-state index contributed by atoms with van der Waals surface area (Å²) in [6, 6.07) is 6.94. The third kappa shape index (κ3) is 5.37. The fourth-order valence-corrected chi connectivity index (χ4v) is 3.89. The van der Waals surface area contributed by atoms with Crippen LogP contribution in [0.5, 0.6) is 0 Å². The van der Waals surface area contributed by atoms with Gasteiger partial charge in [-0.25, -0.2) is 9.78 Å². The van der Waals surface area contributed by atoms with Gasteiger partial charge in [-0.15, -0.1) is 11.3 Å². The Balaban J connectivity index is 2.04. The van der Waals surface area contributed by atoms with Gasteiger partial charge in [-0.3, -0.25) is 4.79 Å². The smallest absolute Gasteiger partial charge is 0.326 e. The fourth-order valence-electron chi connectivity index (χ4n) is 2.67. The maximum absolute atomic E-state index is 12.2. The van der Waals surface area contributed by atoms with E-state index >= 15 is 0 Å². The molecule has 1 unspecified atom stereocenters. The number of aliphatic carboxylic acids is 1. The number of carboxylic acid groups (broad SMARTS) is 1. The predicted molar refractivity (Wildman–Crippen MR) is 103 cm³/mol. The number of amides is 1. The highest BCUT2D eigenvalue weighted by Crippen LogP contribution is 2.26. The molecule has 1 heterocycles. The van der Waals surface area contributed by atoms with Gasteiger partial charge >= 0.3 is 5.97 Å². The van der Waals surface area contributed by atoms with Crippen LogP contribution in [-0.2, 0) is 16.0 Å². The summed E-state index contributed by atoms with van der Waals surface area (Å²) >= 11 is 4.90. The summed E-state index contributed by atoms with van der Waals surface area (Å²) < 4.78 is 0.967. The number of hydrogen-bond donors (Lipinski definition) is 2. The lowest BCUT2D eigenvalue weighted by Crippen LogP contribution is -2.46. The normalized spacial score (nSPS) is 12.2. The van der Waals surface area contributed by atoms with Crippen LogP contribution in [-0.4, -0.2) is 28.0 Å². The van der Waals surface area contributed by atoms with E-state index < -0.39 is 12.0 Å². The summed E-state index contributed by atoms with van der Waals surface area (Å²) in [4.78, 5) is 28.2. The Bertz CT molecular complexity index is 743. The van der Waals surface area contributed by atoms with Crippen LogP contribution in [0.25, 0.3) is 10.6 Å². The van der Waals surface area contributed by atoms with Crippen LogP contribution in [0.2, 0.25) is 0 Å². The van der Waals surface area contributed by atoms with Gasteiger partial charge in [-0.1, -0.05) is 54.8 Å². The maximum Gasteiger partial charge on any atom is 0.326 e. The van der Waals surface area contributed by atoms with Gasteiger partial charge in [0.15, 0.2) is 0 Å². The molecule has 0 radical (unpaired) electrons. The number of halogens is 1. The summed E-state index contributed by atoms with van der Waals surface area (Å²) in [7, 11) is 0. The first-order valence-corrected chi connectivity index (χ1v) is 9.84. The third-order valence-electron chi connectivity index (χ3n) is 4.07. The van der Waals surface area contributed by atoms with Gasteiger partial charge in [0.05, 0.1) is 12.1 Å². The minimum absolute atomic E-state index is 0.0749. The average Bonchev–Trinajstić information content (AvgIpc) is 3.03. The first-order chi connectivity index (χ1) is 11.9. The molecule has 0 aliphatic rings. The van der Waals surface area contributed by atoms with Crippen LogP contribution >= 0.6 is 27.3 Å². The molecule has 25 heavy (non-hydrogen) atoms. The number of nitrogens with one attached hydrogen (secondary N) is 1. The molecule has 2 N–H and O–H groups in total. The third-order valence-corrected chi connectivity index (χ3v) is 5.50. The van der Waals surface area contributed by atoms with E-state index in [0.29, 0.717) is 18.5 Å². The zero-order valence-electron chi connectivity index (χ0n) is 14.2. The molecule has 2 rings (SSSR count). The van der Waals surface area contributed by atoms with Crippen molar-refractivity contribution >= 4 is 39.1 Å². The topological polar surface area (TPSA) is 79.3 Å². The first-order valence-electron chi connectivity index (χ1n) is 8.17. The number of hydrogen-bond acceptors (Lipinski definition) is 4. The molecule has 1 aromatic heterocycles. The number of nitrogens with zero attached hydrogens (tertiary/aromatic N) is 1. The fraction of sp³-hybridized carbons (Fsp3) is 0.389. The maximum atomic E-state index is 12.2. The summed E-state index contributed by atoms with van der Waals surface area (Å²) in [5.74, 6) is -1.38. The van der Waals surface area contributed by atoms with E-state index in [1.54, 1.807) is 0 Å². The Morgan fingerprint density at radius 2 is 2.04 bits per heavy atom. The minimum atomic E-state index is -0.991. The number of thiazole rings is 1. The number of carbonyl (C=O) groups is 2. The summed E-state index contributed by atoms with van der Waals surface area (Å²) in [6.45, 7) is 3.86. The lowest BCUT2D eigenvalue weighted by Gasteiger charge is -2.22. The second-order valence-electron chi connectivity index (χ2n) is 5.79. The molecule has 0 spiro atoms. The molecule has 0 aliphatic heterocycles. The van der Waals surface area contributed by atoms with E-state index in [1.807, 2.05) is 43.5 Å². The van der Waals surface area contributed by atoms with Crippen molar-refractivity contribution in [2.45, 2.75) is 39.2 Å². The Hall–Kier alpha value is -1.73.